The number of hydrogen-bond donors (Lipinski definition) is 0. The van der Waals surface area contributed by atoms with Gasteiger partial charge in [-0.2, -0.15) is 0 Å². The molecule has 2 aliphatic carbocycles. The number of rotatable bonds is 3. The Morgan fingerprint density at radius 3 is 2.10 bits per heavy atom. The van der Waals surface area contributed by atoms with Crippen molar-refractivity contribution < 1.29 is 31.0 Å². The Hall–Kier alpha value is -0.731. The second-order valence-electron chi connectivity index (χ2n) is 3.79. The summed E-state index contributed by atoms with van der Waals surface area (Å²) in [5.41, 5.74) is 0. The third-order valence-electron chi connectivity index (χ3n) is 2.38. The van der Waals surface area contributed by atoms with Gasteiger partial charge in [0.25, 0.3) is 0 Å². The zero-order valence-electron chi connectivity index (χ0n) is 10.7. The molecule has 10 radical (unpaired) electrons. The molecule has 20 heavy (non-hydrogen) atoms. The van der Waals surface area contributed by atoms with Crippen molar-refractivity contribution in [2.24, 2.45) is 0 Å². The van der Waals surface area contributed by atoms with E-state index in [1.165, 1.54) is 0 Å². The summed E-state index contributed by atoms with van der Waals surface area (Å²) in [4.78, 5) is 11.3. The number of carbonyl (C=O) groups excluding carboxylic acids is 1. The van der Waals surface area contributed by atoms with Crippen molar-refractivity contribution in [3.8, 4) is 0 Å². The molecular weight excluding hydrogens is 296 g/mol. The monoisotopic (exact) mass is 310 g/mol. The van der Waals surface area contributed by atoms with Gasteiger partial charge in [0.1, 0.15) is 12.4 Å². The molecule has 2 fully saturated rings. The van der Waals surface area contributed by atoms with Crippen LogP contribution in [0.25, 0.3) is 0 Å². The third-order valence-corrected chi connectivity index (χ3v) is 2.38. The predicted molar refractivity (Wildman–Crippen MR) is 70.4 cm³/mol. The Kier molecular flexibility index (Phi) is 8.71. The molecule has 0 aromatic carbocycles. The molecule has 2 saturated carbocycles. The van der Waals surface area contributed by atoms with Crippen LogP contribution < -0.4 is 0 Å². The minimum Gasteiger partial charge on any atom is -0.466 e. The Balaban J connectivity index is 0.000000283. The Morgan fingerprint density at radius 2 is 1.60 bits per heavy atom. The third kappa shape index (κ3) is 6.15. The average Bonchev–Trinajstić information content (AvgIpc) is 3.21. The molecule has 0 unspecified atom stereocenters. The number of ether oxygens (including phenoxy) is 1. The first-order valence-electron chi connectivity index (χ1n) is 5.94. The molecule has 0 amide bonds. The van der Waals surface area contributed by atoms with E-state index in [1.807, 2.05) is 32.1 Å². The Bertz CT molecular complexity index is 344. The van der Waals surface area contributed by atoms with E-state index >= 15 is 0 Å². The van der Waals surface area contributed by atoms with Crippen LogP contribution in [0, 0.1) is 63.7 Å². The van der Waals surface area contributed by atoms with Gasteiger partial charge in [-0.25, -0.2) is 0 Å². The summed E-state index contributed by atoms with van der Waals surface area (Å²) in [6, 6.07) is 3.52. The largest absolute Gasteiger partial charge is 2.00 e. The van der Waals surface area contributed by atoms with Crippen LogP contribution in [0.1, 0.15) is 5.76 Å². The van der Waals surface area contributed by atoms with Crippen LogP contribution in [-0.2, 0) is 33.2 Å². The van der Waals surface area contributed by atoms with E-state index in [-0.39, 0.29) is 29.6 Å². The van der Waals surface area contributed by atoms with Crippen LogP contribution in [0.15, 0.2) is 22.8 Å². The van der Waals surface area contributed by atoms with E-state index in [4.69, 9.17) is 9.15 Å². The van der Waals surface area contributed by atoms with Gasteiger partial charge in [-0.05, 0) is 69.9 Å². The average molecular weight is 310 g/mol. The second kappa shape index (κ2) is 10.1. The number of esters is 1. The van der Waals surface area contributed by atoms with Gasteiger partial charge in [-0.1, -0.05) is 0 Å². The van der Waals surface area contributed by atoms with Gasteiger partial charge in [0.15, 0.2) is 0 Å². The van der Waals surface area contributed by atoms with Crippen molar-refractivity contribution in [1.29, 1.82) is 0 Å². The summed E-state index contributed by atoms with van der Waals surface area (Å²) in [6.45, 7) is 0.178. The standard InChI is InChI=1S/C11H9O3.C5H5.Fe/c12-11(9-4-1-2-5-9)14-8-10-6-3-7-13-10;1-2-4-5-3-1;/h1-7H,8H2;1-5H;/q;;+2. The van der Waals surface area contributed by atoms with Crippen LogP contribution in [0.5, 0.6) is 0 Å². The van der Waals surface area contributed by atoms with E-state index in [0.29, 0.717) is 11.7 Å². The van der Waals surface area contributed by atoms with Crippen LogP contribution in [-0.4, -0.2) is 5.97 Å². The van der Waals surface area contributed by atoms with Crippen LogP contribution in [0.3, 0.4) is 0 Å². The molecule has 1 aromatic rings. The fourth-order valence-electron chi connectivity index (χ4n) is 1.45. The van der Waals surface area contributed by atoms with Crippen molar-refractivity contribution in [3.63, 3.8) is 0 Å². The summed E-state index contributed by atoms with van der Waals surface area (Å²) in [5, 5.41) is 0. The van der Waals surface area contributed by atoms with Gasteiger partial charge < -0.3 is 9.15 Å². The number of furan rings is 1. The molecule has 102 valence electrons. The Labute approximate surface area is 131 Å². The zero-order chi connectivity index (χ0) is 13.3. The van der Waals surface area contributed by atoms with Crippen molar-refractivity contribution >= 4 is 5.97 Å². The smallest absolute Gasteiger partial charge is 0.466 e. The van der Waals surface area contributed by atoms with Gasteiger partial charge in [-0.15, -0.1) is 0 Å². The van der Waals surface area contributed by atoms with E-state index in [0.717, 1.165) is 0 Å². The SMILES string of the molecule is O=C(OCc1ccco1)[C]1[CH][CH][CH][CH]1.[CH]1[CH][CH][CH][CH]1.[Fe+2]. The zero-order valence-corrected chi connectivity index (χ0v) is 11.8. The second-order valence-corrected chi connectivity index (χ2v) is 3.79. The topological polar surface area (TPSA) is 39.4 Å². The predicted octanol–water partition coefficient (Wildman–Crippen LogP) is 2.75. The molecular formula is C16H14FeO3+2. The molecule has 4 heteroatoms. The van der Waals surface area contributed by atoms with E-state index in [1.54, 1.807) is 44.1 Å². The quantitative estimate of drug-likeness (QED) is 0.636. The van der Waals surface area contributed by atoms with Gasteiger partial charge in [0.05, 0.1) is 12.2 Å². The first-order valence-corrected chi connectivity index (χ1v) is 5.94. The fourth-order valence-corrected chi connectivity index (χ4v) is 1.45. The first kappa shape index (κ1) is 17.3. The number of carbonyl (C=O) groups is 1. The summed E-state index contributed by atoms with van der Waals surface area (Å²) >= 11 is 0. The minimum atomic E-state index is -0.327. The maximum Gasteiger partial charge on any atom is 2.00 e. The maximum atomic E-state index is 11.3. The molecule has 1 heterocycles. The van der Waals surface area contributed by atoms with Crippen LogP contribution >= 0.6 is 0 Å². The van der Waals surface area contributed by atoms with Crippen molar-refractivity contribution in [3.05, 3.63) is 87.9 Å². The first-order chi connectivity index (χ1) is 9.36. The number of hydrogen-bond acceptors (Lipinski definition) is 3. The normalized spacial score (nSPS) is 18.0. The molecule has 0 atom stereocenters. The molecule has 0 aliphatic heterocycles. The maximum absolute atomic E-state index is 11.3. The molecule has 0 spiro atoms. The molecule has 0 saturated heterocycles. The van der Waals surface area contributed by atoms with Gasteiger partial charge in [0, 0.05) is 0 Å². The summed E-state index contributed by atoms with van der Waals surface area (Å²) in [7, 11) is 0. The van der Waals surface area contributed by atoms with Crippen molar-refractivity contribution in [2.45, 2.75) is 6.61 Å². The summed E-state index contributed by atoms with van der Waals surface area (Å²) in [5.74, 6) is 0.882. The molecule has 3 rings (SSSR count). The van der Waals surface area contributed by atoms with E-state index in [9.17, 15) is 4.79 Å². The van der Waals surface area contributed by atoms with Crippen molar-refractivity contribution in [1.82, 2.24) is 0 Å². The molecule has 3 nitrogen and oxygen atoms in total. The van der Waals surface area contributed by atoms with Crippen LogP contribution in [0.4, 0.5) is 0 Å². The molecule has 1 aromatic heterocycles. The molecule has 0 N–H and O–H groups in total. The summed E-state index contributed by atoms with van der Waals surface area (Å²) in [6.07, 6.45) is 18.6. The van der Waals surface area contributed by atoms with Gasteiger partial charge in [-0.3, -0.25) is 4.79 Å². The molecule has 2 aliphatic rings. The van der Waals surface area contributed by atoms with Gasteiger partial charge in [0.2, 0.25) is 0 Å². The molecule has 0 bridgehead atoms. The van der Waals surface area contributed by atoms with Gasteiger partial charge >= 0.3 is 23.0 Å². The van der Waals surface area contributed by atoms with Crippen molar-refractivity contribution in [2.75, 3.05) is 0 Å². The summed E-state index contributed by atoms with van der Waals surface area (Å²) < 4.78 is 10.0. The van der Waals surface area contributed by atoms with E-state index in [2.05, 4.69) is 0 Å². The van der Waals surface area contributed by atoms with Crippen LogP contribution in [0.2, 0.25) is 0 Å². The van der Waals surface area contributed by atoms with E-state index < -0.39 is 0 Å². The minimum absolute atomic E-state index is 0. The fraction of sp³-hybridized carbons (Fsp3) is 0.0625. The Morgan fingerprint density at radius 1 is 1.00 bits per heavy atom.